The van der Waals surface area contributed by atoms with Gasteiger partial charge in [0.25, 0.3) is 5.91 Å². The van der Waals surface area contributed by atoms with Crippen molar-refractivity contribution in [2.45, 2.75) is 32.6 Å². The van der Waals surface area contributed by atoms with Crippen LogP contribution in [0.25, 0.3) is 0 Å². The molecule has 1 heterocycles. The molecule has 0 aromatic heterocycles. The maximum atomic E-state index is 12.9. The second-order valence-electron chi connectivity index (χ2n) is 6.05. The molecule has 1 fully saturated rings. The number of nitrogens with zero attached hydrogens (tertiary/aromatic N) is 1. The number of rotatable bonds is 6. The monoisotopic (exact) mass is 305 g/mol. The fourth-order valence-electron chi connectivity index (χ4n) is 3.24. The largest absolute Gasteiger partial charge is 0.496 e. The molecular weight excluding hydrogens is 278 g/mol. The Morgan fingerprint density at radius 2 is 2.18 bits per heavy atom. The SMILES string of the molecule is COCCCC1CCCN(C(=O)c2c(C)cccc2OC)C1. The molecule has 0 radical (unpaired) electrons. The van der Waals surface area contributed by atoms with Crippen molar-refractivity contribution in [3.63, 3.8) is 0 Å². The zero-order valence-electron chi connectivity index (χ0n) is 13.9. The summed E-state index contributed by atoms with van der Waals surface area (Å²) in [5.41, 5.74) is 1.69. The van der Waals surface area contributed by atoms with E-state index in [4.69, 9.17) is 9.47 Å². The summed E-state index contributed by atoms with van der Waals surface area (Å²) in [7, 11) is 3.36. The van der Waals surface area contributed by atoms with E-state index in [1.54, 1.807) is 14.2 Å². The van der Waals surface area contributed by atoms with Gasteiger partial charge in [0.05, 0.1) is 12.7 Å². The molecule has 1 aliphatic rings. The second-order valence-corrected chi connectivity index (χ2v) is 6.05. The van der Waals surface area contributed by atoms with E-state index in [-0.39, 0.29) is 5.91 Å². The van der Waals surface area contributed by atoms with Crippen LogP contribution >= 0.6 is 0 Å². The molecule has 0 spiro atoms. The van der Waals surface area contributed by atoms with Crippen LogP contribution in [-0.4, -0.2) is 44.7 Å². The Morgan fingerprint density at radius 3 is 2.91 bits per heavy atom. The van der Waals surface area contributed by atoms with Gasteiger partial charge in [0.2, 0.25) is 0 Å². The van der Waals surface area contributed by atoms with E-state index < -0.39 is 0 Å². The van der Waals surface area contributed by atoms with Gasteiger partial charge in [-0.25, -0.2) is 0 Å². The lowest BCUT2D eigenvalue weighted by molar-refractivity contribution is 0.0656. The van der Waals surface area contributed by atoms with Gasteiger partial charge in [0, 0.05) is 26.8 Å². The van der Waals surface area contributed by atoms with Crippen molar-refractivity contribution >= 4 is 5.91 Å². The quantitative estimate of drug-likeness (QED) is 0.757. The van der Waals surface area contributed by atoms with Gasteiger partial charge >= 0.3 is 0 Å². The van der Waals surface area contributed by atoms with E-state index in [0.717, 1.165) is 44.5 Å². The summed E-state index contributed by atoms with van der Waals surface area (Å²) in [6.45, 7) is 4.46. The Bertz CT molecular complexity index is 501. The van der Waals surface area contributed by atoms with Gasteiger partial charge in [-0.3, -0.25) is 4.79 Å². The predicted molar refractivity (Wildman–Crippen MR) is 87.5 cm³/mol. The van der Waals surface area contributed by atoms with Crippen LogP contribution in [0.15, 0.2) is 18.2 Å². The molecule has 122 valence electrons. The van der Waals surface area contributed by atoms with Crippen LogP contribution in [0.5, 0.6) is 5.75 Å². The lowest BCUT2D eigenvalue weighted by atomic mass is 9.92. The number of likely N-dealkylation sites (tertiary alicyclic amines) is 1. The number of ether oxygens (including phenoxy) is 2. The summed E-state index contributed by atoms with van der Waals surface area (Å²) in [6.07, 6.45) is 4.48. The van der Waals surface area contributed by atoms with Crippen LogP contribution in [0.3, 0.4) is 0 Å². The molecule has 1 saturated heterocycles. The van der Waals surface area contributed by atoms with E-state index in [0.29, 0.717) is 17.2 Å². The fraction of sp³-hybridized carbons (Fsp3) is 0.611. The number of aryl methyl sites for hydroxylation is 1. The Labute approximate surface area is 133 Å². The molecule has 1 amide bonds. The molecule has 1 atom stereocenters. The molecule has 0 N–H and O–H groups in total. The summed E-state index contributed by atoms with van der Waals surface area (Å²) >= 11 is 0. The Hall–Kier alpha value is -1.55. The molecule has 4 heteroatoms. The Balaban J connectivity index is 2.06. The fourth-order valence-corrected chi connectivity index (χ4v) is 3.24. The Kier molecular flexibility index (Phi) is 6.25. The van der Waals surface area contributed by atoms with Gasteiger partial charge in [-0.1, -0.05) is 12.1 Å². The van der Waals surface area contributed by atoms with E-state index in [2.05, 4.69) is 0 Å². The molecule has 2 rings (SSSR count). The average molecular weight is 305 g/mol. The first-order chi connectivity index (χ1) is 10.7. The number of carbonyl (C=O) groups is 1. The topological polar surface area (TPSA) is 38.8 Å². The van der Waals surface area contributed by atoms with Crippen molar-refractivity contribution in [2.75, 3.05) is 33.9 Å². The van der Waals surface area contributed by atoms with E-state index >= 15 is 0 Å². The smallest absolute Gasteiger partial charge is 0.257 e. The Morgan fingerprint density at radius 1 is 1.36 bits per heavy atom. The van der Waals surface area contributed by atoms with Gasteiger partial charge in [-0.05, 0) is 50.2 Å². The van der Waals surface area contributed by atoms with Crippen LogP contribution in [0.4, 0.5) is 0 Å². The molecule has 1 aliphatic heterocycles. The zero-order chi connectivity index (χ0) is 15.9. The molecule has 22 heavy (non-hydrogen) atoms. The van der Waals surface area contributed by atoms with Crippen LogP contribution in [0, 0.1) is 12.8 Å². The number of methoxy groups -OCH3 is 2. The molecular formula is C18H27NO3. The van der Waals surface area contributed by atoms with Crippen LogP contribution in [0.1, 0.15) is 41.6 Å². The molecule has 0 saturated carbocycles. The van der Waals surface area contributed by atoms with Crippen molar-refractivity contribution in [1.82, 2.24) is 4.90 Å². The van der Waals surface area contributed by atoms with Crippen molar-refractivity contribution in [3.8, 4) is 5.75 Å². The minimum absolute atomic E-state index is 0.103. The van der Waals surface area contributed by atoms with Gasteiger partial charge in [-0.2, -0.15) is 0 Å². The van der Waals surface area contributed by atoms with Crippen LogP contribution < -0.4 is 4.74 Å². The highest BCUT2D eigenvalue weighted by molar-refractivity contribution is 5.98. The van der Waals surface area contributed by atoms with Crippen LogP contribution in [0.2, 0.25) is 0 Å². The predicted octanol–water partition coefficient (Wildman–Crippen LogP) is 3.28. The first-order valence-electron chi connectivity index (χ1n) is 8.09. The minimum Gasteiger partial charge on any atom is -0.496 e. The molecule has 1 aromatic carbocycles. The summed E-state index contributed by atoms with van der Waals surface area (Å²) in [4.78, 5) is 14.9. The highest BCUT2D eigenvalue weighted by Crippen LogP contribution is 2.27. The maximum absolute atomic E-state index is 12.9. The van der Waals surface area contributed by atoms with Crippen molar-refractivity contribution < 1.29 is 14.3 Å². The lowest BCUT2D eigenvalue weighted by Gasteiger charge is -2.33. The van der Waals surface area contributed by atoms with E-state index in [1.165, 1.54) is 6.42 Å². The number of hydrogen-bond donors (Lipinski definition) is 0. The lowest BCUT2D eigenvalue weighted by Crippen LogP contribution is -2.40. The summed E-state index contributed by atoms with van der Waals surface area (Å²) in [6, 6.07) is 5.75. The highest BCUT2D eigenvalue weighted by Gasteiger charge is 2.26. The molecule has 1 unspecified atom stereocenters. The van der Waals surface area contributed by atoms with Gasteiger partial charge in [-0.15, -0.1) is 0 Å². The number of piperidine rings is 1. The highest BCUT2D eigenvalue weighted by atomic mass is 16.5. The van der Waals surface area contributed by atoms with Crippen molar-refractivity contribution in [3.05, 3.63) is 29.3 Å². The van der Waals surface area contributed by atoms with Gasteiger partial charge in [0.15, 0.2) is 0 Å². The third kappa shape index (κ3) is 4.01. The second kappa shape index (κ2) is 8.18. The summed E-state index contributed by atoms with van der Waals surface area (Å²) in [5, 5.41) is 0. The first-order valence-corrected chi connectivity index (χ1v) is 8.09. The number of benzene rings is 1. The summed E-state index contributed by atoms with van der Waals surface area (Å²) in [5.74, 6) is 1.36. The third-order valence-corrected chi connectivity index (χ3v) is 4.44. The minimum atomic E-state index is 0.103. The van der Waals surface area contributed by atoms with Crippen molar-refractivity contribution in [1.29, 1.82) is 0 Å². The van der Waals surface area contributed by atoms with Gasteiger partial charge in [0.1, 0.15) is 5.75 Å². The molecule has 4 nitrogen and oxygen atoms in total. The standard InChI is InChI=1S/C18H27NO3/c1-14-7-4-10-16(22-3)17(14)18(20)19-11-5-8-15(13-19)9-6-12-21-2/h4,7,10,15H,5-6,8-9,11-13H2,1-3H3. The van der Waals surface area contributed by atoms with Crippen LogP contribution in [-0.2, 0) is 4.74 Å². The van der Waals surface area contributed by atoms with E-state index in [1.807, 2.05) is 30.0 Å². The summed E-state index contributed by atoms with van der Waals surface area (Å²) < 4.78 is 10.5. The third-order valence-electron chi connectivity index (χ3n) is 4.44. The average Bonchev–Trinajstić information content (AvgIpc) is 2.54. The molecule has 0 aliphatic carbocycles. The molecule has 0 bridgehead atoms. The first kappa shape index (κ1) is 16.8. The molecule has 1 aromatic rings. The van der Waals surface area contributed by atoms with Crippen molar-refractivity contribution in [2.24, 2.45) is 5.92 Å². The maximum Gasteiger partial charge on any atom is 0.257 e. The van der Waals surface area contributed by atoms with Gasteiger partial charge < -0.3 is 14.4 Å². The normalized spacial score (nSPS) is 18.3. The number of hydrogen-bond acceptors (Lipinski definition) is 3. The zero-order valence-corrected chi connectivity index (χ0v) is 13.9. The number of carbonyl (C=O) groups excluding carboxylic acids is 1. The number of amides is 1. The van der Waals surface area contributed by atoms with E-state index in [9.17, 15) is 4.79 Å².